The molecule has 1 unspecified atom stereocenters. The van der Waals surface area contributed by atoms with E-state index in [2.05, 4.69) is 38.9 Å². The standard InChI is InChI=1S/C17H17FN4S2/c1-11-3-2-6-22(10-11)15-5-4-12(8-19-15)17-21-16-14(23-17)7-13(24-18)9-20-16/h4-5,7-9,11H,2-3,6,10H2,1H3. The molecular formula is C17H17FN4S2. The summed E-state index contributed by atoms with van der Waals surface area (Å²) in [5.74, 6) is 1.75. The van der Waals surface area contributed by atoms with Crippen molar-refractivity contribution < 1.29 is 3.89 Å². The first kappa shape index (κ1) is 15.8. The van der Waals surface area contributed by atoms with Crippen LogP contribution in [0.25, 0.3) is 20.9 Å². The minimum Gasteiger partial charge on any atom is -0.356 e. The number of aromatic nitrogens is 3. The normalized spacial score (nSPS) is 18.2. The van der Waals surface area contributed by atoms with Crippen molar-refractivity contribution in [1.29, 1.82) is 0 Å². The number of halogens is 1. The molecular weight excluding hydrogens is 343 g/mol. The Morgan fingerprint density at radius 1 is 1.29 bits per heavy atom. The van der Waals surface area contributed by atoms with Crippen LogP contribution in [0.3, 0.4) is 0 Å². The lowest BCUT2D eigenvalue weighted by Gasteiger charge is -2.31. The van der Waals surface area contributed by atoms with Crippen LogP contribution in [0.4, 0.5) is 9.70 Å². The molecule has 4 nitrogen and oxygen atoms in total. The molecule has 3 aromatic heterocycles. The van der Waals surface area contributed by atoms with E-state index in [1.807, 2.05) is 6.20 Å². The number of pyridine rings is 2. The van der Waals surface area contributed by atoms with Crippen molar-refractivity contribution in [2.75, 3.05) is 18.0 Å². The monoisotopic (exact) mass is 360 g/mol. The van der Waals surface area contributed by atoms with Crippen LogP contribution in [0.2, 0.25) is 0 Å². The average Bonchev–Trinajstić information content (AvgIpc) is 3.05. The van der Waals surface area contributed by atoms with Gasteiger partial charge in [-0.3, -0.25) is 0 Å². The Balaban J connectivity index is 1.60. The van der Waals surface area contributed by atoms with E-state index in [1.165, 1.54) is 30.4 Å². The number of nitrogens with zero attached hydrogens (tertiary/aromatic N) is 4. The van der Waals surface area contributed by atoms with E-state index < -0.39 is 0 Å². The van der Waals surface area contributed by atoms with E-state index in [0.29, 0.717) is 10.5 Å². The maximum atomic E-state index is 12.7. The molecule has 0 amide bonds. The third-order valence-corrected chi connectivity index (χ3v) is 5.73. The summed E-state index contributed by atoms with van der Waals surface area (Å²) in [5, 5.41) is 0.865. The first-order chi connectivity index (χ1) is 11.7. The minimum atomic E-state index is 0.205. The van der Waals surface area contributed by atoms with Gasteiger partial charge in [0.05, 0.1) is 21.7 Å². The predicted molar refractivity (Wildman–Crippen MR) is 98.2 cm³/mol. The van der Waals surface area contributed by atoms with Gasteiger partial charge in [-0.25, -0.2) is 15.0 Å². The topological polar surface area (TPSA) is 41.9 Å². The number of thiazole rings is 1. The van der Waals surface area contributed by atoms with Crippen molar-refractivity contribution in [2.45, 2.75) is 24.7 Å². The second-order valence-corrected chi connectivity index (χ2v) is 7.84. The summed E-state index contributed by atoms with van der Waals surface area (Å²) in [6, 6.07) is 5.91. The maximum Gasteiger partial charge on any atom is 0.171 e. The molecule has 0 spiro atoms. The average molecular weight is 360 g/mol. The lowest BCUT2D eigenvalue weighted by Crippen LogP contribution is -2.34. The molecule has 4 rings (SSSR count). The van der Waals surface area contributed by atoms with Gasteiger partial charge in [0.15, 0.2) is 5.65 Å². The third kappa shape index (κ3) is 3.10. The fourth-order valence-electron chi connectivity index (χ4n) is 3.06. The first-order valence-corrected chi connectivity index (χ1v) is 9.53. The highest BCUT2D eigenvalue weighted by molar-refractivity contribution is 7.94. The molecule has 0 aromatic carbocycles. The molecule has 0 saturated carbocycles. The molecule has 0 radical (unpaired) electrons. The molecule has 0 bridgehead atoms. The lowest BCUT2D eigenvalue weighted by atomic mass is 10.0. The van der Waals surface area contributed by atoms with Gasteiger partial charge in [0.25, 0.3) is 0 Å². The second-order valence-electron chi connectivity index (χ2n) is 6.19. The zero-order valence-corrected chi connectivity index (χ0v) is 14.9. The zero-order chi connectivity index (χ0) is 16.5. The van der Waals surface area contributed by atoms with Crippen molar-refractivity contribution in [3.63, 3.8) is 0 Å². The lowest BCUT2D eigenvalue weighted by molar-refractivity contribution is 0.444. The fourth-order valence-corrected chi connectivity index (χ4v) is 4.35. The third-order valence-electron chi connectivity index (χ3n) is 4.29. The summed E-state index contributed by atoms with van der Waals surface area (Å²) in [7, 11) is 0. The summed E-state index contributed by atoms with van der Waals surface area (Å²) in [6.45, 7) is 4.44. The Morgan fingerprint density at radius 2 is 2.21 bits per heavy atom. The van der Waals surface area contributed by atoms with Gasteiger partial charge in [-0.1, -0.05) is 6.92 Å². The number of piperidine rings is 1. The Morgan fingerprint density at radius 3 is 2.96 bits per heavy atom. The predicted octanol–water partition coefficient (Wildman–Crippen LogP) is 4.97. The number of hydrogen-bond donors (Lipinski definition) is 0. The van der Waals surface area contributed by atoms with Crippen LogP contribution in [0, 0.1) is 5.92 Å². The molecule has 24 heavy (non-hydrogen) atoms. The second kappa shape index (κ2) is 6.64. The van der Waals surface area contributed by atoms with Crippen LogP contribution < -0.4 is 4.90 Å². The van der Waals surface area contributed by atoms with E-state index in [1.54, 1.807) is 6.07 Å². The van der Waals surface area contributed by atoms with Crippen LogP contribution in [0.15, 0.2) is 35.5 Å². The Labute approximate surface area is 148 Å². The minimum absolute atomic E-state index is 0.205. The van der Waals surface area contributed by atoms with Crippen LogP contribution in [-0.4, -0.2) is 28.0 Å². The van der Waals surface area contributed by atoms with Gasteiger partial charge in [-0.2, -0.15) is 3.89 Å². The number of fused-ring (bicyclic) bond motifs is 1. The summed E-state index contributed by atoms with van der Waals surface area (Å²) in [6.07, 6.45) is 5.90. The fraction of sp³-hybridized carbons (Fsp3) is 0.353. The molecule has 0 N–H and O–H groups in total. The van der Waals surface area contributed by atoms with Gasteiger partial charge in [-0.15, -0.1) is 11.3 Å². The highest BCUT2D eigenvalue weighted by atomic mass is 32.2. The van der Waals surface area contributed by atoms with Gasteiger partial charge >= 0.3 is 0 Å². The van der Waals surface area contributed by atoms with Gasteiger partial charge in [0.2, 0.25) is 0 Å². The Bertz CT molecular complexity index is 849. The van der Waals surface area contributed by atoms with Gasteiger partial charge < -0.3 is 4.90 Å². The molecule has 1 atom stereocenters. The quantitative estimate of drug-likeness (QED) is 0.660. The van der Waals surface area contributed by atoms with Gasteiger partial charge in [0.1, 0.15) is 10.8 Å². The van der Waals surface area contributed by atoms with Crippen LogP contribution in [0.1, 0.15) is 19.8 Å². The molecule has 1 aliphatic heterocycles. The molecule has 7 heteroatoms. The molecule has 1 fully saturated rings. The van der Waals surface area contributed by atoms with Gasteiger partial charge in [-0.05, 0) is 37.0 Å². The highest BCUT2D eigenvalue weighted by Crippen LogP contribution is 2.32. The van der Waals surface area contributed by atoms with Crippen molar-refractivity contribution in [1.82, 2.24) is 15.0 Å². The smallest absolute Gasteiger partial charge is 0.171 e. The molecule has 4 heterocycles. The van der Waals surface area contributed by atoms with E-state index in [4.69, 9.17) is 0 Å². The van der Waals surface area contributed by atoms with E-state index in [0.717, 1.165) is 40.1 Å². The molecule has 3 aromatic rings. The van der Waals surface area contributed by atoms with Crippen molar-refractivity contribution in [3.05, 3.63) is 30.6 Å². The summed E-state index contributed by atoms with van der Waals surface area (Å²) in [5.41, 5.74) is 1.63. The van der Waals surface area contributed by atoms with Crippen molar-refractivity contribution in [2.24, 2.45) is 5.92 Å². The number of rotatable bonds is 3. The SMILES string of the molecule is CC1CCCN(c2ccc(-c3nc4ncc(SF)cc4s3)cn2)C1. The van der Waals surface area contributed by atoms with E-state index >= 15 is 0 Å². The van der Waals surface area contributed by atoms with Crippen LogP contribution >= 0.6 is 23.5 Å². The molecule has 1 saturated heterocycles. The van der Waals surface area contributed by atoms with Crippen molar-refractivity contribution in [3.8, 4) is 10.6 Å². The Kier molecular flexibility index (Phi) is 4.37. The van der Waals surface area contributed by atoms with Crippen LogP contribution in [0.5, 0.6) is 0 Å². The zero-order valence-electron chi connectivity index (χ0n) is 13.3. The molecule has 0 aliphatic carbocycles. The number of anilines is 1. The van der Waals surface area contributed by atoms with E-state index in [9.17, 15) is 3.89 Å². The summed E-state index contributed by atoms with van der Waals surface area (Å²) < 4.78 is 13.6. The van der Waals surface area contributed by atoms with Crippen LogP contribution in [-0.2, 0) is 0 Å². The first-order valence-electron chi connectivity index (χ1n) is 7.99. The summed E-state index contributed by atoms with van der Waals surface area (Å²) in [4.78, 5) is 16.2. The van der Waals surface area contributed by atoms with E-state index in [-0.39, 0.29) is 12.1 Å². The molecule has 1 aliphatic rings. The Hall–Kier alpha value is -1.73. The van der Waals surface area contributed by atoms with Gasteiger partial charge in [0, 0.05) is 31.0 Å². The van der Waals surface area contributed by atoms with Crippen molar-refractivity contribution >= 4 is 39.6 Å². The highest BCUT2D eigenvalue weighted by Gasteiger charge is 2.17. The largest absolute Gasteiger partial charge is 0.356 e. The molecule has 124 valence electrons. The maximum absolute atomic E-state index is 12.7. The summed E-state index contributed by atoms with van der Waals surface area (Å²) >= 11 is 1.72. The number of hydrogen-bond acceptors (Lipinski definition) is 6.